The van der Waals surface area contributed by atoms with Crippen LogP contribution in [0, 0.1) is 0 Å². The Hall–Kier alpha value is -2.58. The molecule has 1 aliphatic heterocycles. The topological polar surface area (TPSA) is 88.5 Å². The number of carbonyl (C=O) groups excluding carboxylic acids is 2. The van der Waals surface area contributed by atoms with Crippen LogP contribution in [0.25, 0.3) is 0 Å². The fourth-order valence-corrected chi connectivity index (χ4v) is 3.20. The summed E-state index contributed by atoms with van der Waals surface area (Å²) >= 11 is 0. The predicted octanol–water partition coefficient (Wildman–Crippen LogP) is 0.899. The SMILES string of the molecule is CNC(C(=O)NC1CC(=O)N(CCOc2ccccc2)C1)c1cnn(C)c1.Cl. The first-order valence-corrected chi connectivity index (χ1v) is 8.98. The number of rotatable bonds is 8. The molecule has 9 heteroatoms. The zero-order chi connectivity index (χ0) is 19.2. The van der Waals surface area contributed by atoms with Gasteiger partial charge >= 0.3 is 0 Å². The van der Waals surface area contributed by atoms with Gasteiger partial charge < -0.3 is 20.3 Å². The third-order valence-corrected chi connectivity index (χ3v) is 4.54. The van der Waals surface area contributed by atoms with Gasteiger partial charge in [-0.05, 0) is 19.2 Å². The van der Waals surface area contributed by atoms with Crippen molar-refractivity contribution in [2.45, 2.75) is 18.5 Å². The standard InChI is InChI=1S/C19H25N5O3.ClH/c1-20-18(14-11-21-23(2)12-14)19(26)22-15-10-17(25)24(13-15)8-9-27-16-6-4-3-5-7-16;/h3-7,11-12,15,18,20H,8-10,13H2,1-2H3,(H,22,26);1H. The van der Waals surface area contributed by atoms with E-state index in [1.807, 2.05) is 30.3 Å². The van der Waals surface area contributed by atoms with Gasteiger partial charge in [0.2, 0.25) is 11.8 Å². The Balaban J connectivity index is 0.00000280. The van der Waals surface area contributed by atoms with Crippen molar-refractivity contribution in [3.05, 3.63) is 48.3 Å². The van der Waals surface area contributed by atoms with Gasteiger partial charge in [0.1, 0.15) is 18.4 Å². The van der Waals surface area contributed by atoms with Crippen LogP contribution >= 0.6 is 12.4 Å². The van der Waals surface area contributed by atoms with Crippen molar-refractivity contribution in [3.8, 4) is 5.75 Å². The molecule has 1 fully saturated rings. The number of nitrogens with zero attached hydrogens (tertiary/aromatic N) is 3. The van der Waals surface area contributed by atoms with Crippen LogP contribution in [0.2, 0.25) is 0 Å². The van der Waals surface area contributed by atoms with Crippen LogP contribution in [0.4, 0.5) is 0 Å². The molecule has 1 saturated heterocycles. The van der Waals surface area contributed by atoms with Crippen molar-refractivity contribution in [1.82, 2.24) is 25.3 Å². The second-order valence-electron chi connectivity index (χ2n) is 6.58. The van der Waals surface area contributed by atoms with E-state index in [1.54, 1.807) is 36.1 Å². The molecule has 28 heavy (non-hydrogen) atoms. The quantitative estimate of drug-likeness (QED) is 0.678. The molecule has 152 valence electrons. The molecule has 2 N–H and O–H groups in total. The Bertz CT molecular complexity index is 783. The van der Waals surface area contributed by atoms with Crippen LogP contribution < -0.4 is 15.4 Å². The molecule has 2 aromatic rings. The maximum absolute atomic E-state index is 12.6. The van der Waals surface area contributed by atoms with Crippen molar-refractivity contribution in [2.24, 2.45) is 7.05 Å². The Morgan fingerprint density at radius 1 is 1.36 bits per heavy atom. The Morgan fingerprint density at radius 3 is 2.75 bits per heavy atom. The van der Waals surface area contributed by atoms with E-state index in [-0.39, 0.29) is 30.3 Å². The number of ether oxygens (including phenoxy) is 1. The molecule has 0 aliphatic carbocycles. The highest BCUT2D eigenvalue weighted by Gasteiger charge is 2.32. The van der Waals surface area contributed by atoms with E-state index in [1.165, 1.54) is 0 Å². The number of halogens is 1. The van der Waals surface area contributed by atoms with Crippen LogP contribution in [0.3, 0.4) is 0 Å². The highest BCUT2D eigenvalue weighted by Crippen LogP contribution is 2.15. The molecule has 8 nitrogen and oxygen atoms in total. The molecule has 0 spiro atoms. The number of nitrogens with one attached hydrogen (secondary N) is 2. The molecule has 1 aromatic heterocycles. The summed E-state index contributed by atoms with van der Waals surface area (Å²) in [5.74, 6) is 0.646. The summed E-state index contributed by atoms with van der Waals surface area (Å²) in [7, 11) is 3.53. The van der Waals surface area contributed by atoms with Gasteiger partial charge in [-0.1, -0.05) is 18.2 Å². The highest BCUT2D eigenvalue weighted by molar-refractivity contribution is 5.86. The van der Waals surface area contributed by atoms with Crippen LogP contribution in [-0.2, 0) is 16.6 Å². The second-order valence-corrected chi connectivity index (χ2v) is 6.58. The van der Waals surface area contributed by atoms with Crippen molar-refractivity contribution in [3.63, 3.8) is 0 Å². The Labute approximate surface area is 170 Å². The van der Waals surface area contributed by atoms with Gasteiger partial charge in [-0.15, -0.1) is 12.4 Å². The lowest BCUT2D eigenvalue weighted by Crippen LogP contribution is -2.43. The zero-order valence-electron chi connectivity index (χ0n) is 16.0. The molecule has 2 unspecified atom stereocenters. The summed E-state index contributed by atoms with van der Waals surface area (Å²) in [4.78, 5) is 26.5. The third-order valence-electron chi connectivity index (χ3n) is 4.54. The highest BCUT2D eigenvalue weighted by atomic mass is 35.5. The minimum absolute atomic E-state index is 0. The van der Waals surface area contributed by atoms with Crippen molar-refractivity contribution in [2.75, 3.05) is 26.7 Å². The summed E-state index contributed by atoms with van der Waals surface area (Å²) in [6, 6.07) is 8.80. The van der Waals surface area contributed by atoms with Gasteiger partial charge in [0.25, 0.3) is 0 Å². The number of hydrogen-bond acceptors (Lipinski definition) is 5. The molecule has 0 saturated carbocycles. The lowest BCUT2D eigenvalue weighted by molar-refractivity contribution is -0.128. The molecular weight excluding hydrogens is 382 g/mol. The molecule has 1 aromatic carbocycles. The number of para-hydroxylation sites is 1. The number of carbonyl (C=O) groups is 2. The van der Waals surface area contributed by atoms with Crippen molar-refractivity contribution < 1.29 is 14.3 Å². The molecule has 3 rings (SSSR count). The van der Waals surface area contributed by atoms with E-state index in [2.05, 4.69) is 15.7 Å². The fraction of sp³-hybridized carbons (Fsp3) is 0.421. The number of aryl methyl sites for hydroxylation is 1. The van der Waals surface area contributed by atoms with Gasteiger partial charge in [-0.3, -0.25) is 14.3 Å². The zero-order valence-corrected chi connectivity index (χ0v) is 16.8. The lowest BCUT2D eigenvalue weighted by Gasteiger charge is -2.19. The average molecular weight is 408 g/mol. The second kappa shape index (κ2) is 10.1. The molecule has 2 amide bonds. The molecular formula is C19H26ClN5O3. The first kappa shape index (κ1) is 21.7. The number of amides is 2. The van der Waals surface area contributed by atoms with Crippen LogP contribution in [-0.4, -0.2) is 59.3 Å². The Morgan fingerprint density at radius 2 is 2.11 bits per heavy atom. The maximum Gasteiger partial charge on any atom is 0.242 e. The number of likely N-dealkylation sites (tertiary alicyclic amines) is 1. The van der Waals surface area contributed by atoms with Crippen LogP contribution in [0.15, 0.2) is 42.7 Å². The number of benzene rings is 1. The lowest BCUT2D eigenvalue weighted by atomic mass is 10.1. The van der Waals surface area contributed by atoms with Crippen molar-refractivity contribution in [1.29, 1.82) is 0 Å². The van der Waals surface area contributed by atoms with E-state index >= 15 is 0 Å². The molecule has 2 heterocycles. The summed E-state index contributed by atoms with van der Waals surface area (Å²) in [6.07, 6.45) is 3.77. The first-order chi connectivity index (χ1) is 13.1. The maximum atomic E-state index is 12.6. The molecule has 0 radical (unpaired) electrons. The molecule has 0 bridgehead atoms. The summed E-state index contributed by atoms with van der Waals surface area (Å²) < 4.78 is 7.30. The largest absolute Gasteiger partial charge is 0.492 e. The van der Waals surface area contributed by atoms with Crippen molar-refractivity contribution >= 4 is 24.2 Å². The van der Waals surface area contributed by atoms with Crippen LogP contribution in [0.5, 0.6) is 5.75 Å². The number of aromatic nitrogens is 2. The normalized spacial score (nSPS) is 17.1. The van der Waals surface area contributed by atoms with E-state index in [0.29, 0.717) is 26.1 Å². The fourth-order valence-electron chi connectivity index (χ4n) is 3.20. The summed E-state index contributed by atoms with van der Waals surface area (Å²) in [5.41, 5.74) is 0.787. The van der Waals surface area contributed by atoms with Gasteiger partial charge in [0, 0.05) is 31.8 Å². The molecule has 1 aliphatic rings. The predicted molar refractivity (Wildman–Crippen MR) is 107 cm³/mol. The van der Waals surface area contributed by atoms with Gasteiger partial charge in [-0.2, -0.15) is 5.10 Å². The van der Waals surface area contributed by atoms with Gasteiger partial charge in [-0.25, -0.2) is 0 Å². The van der Waals surface area contributed by atoms with Gasteiger partial charge in [0.15, 0.2) is 0 Å². The first-order valence-electron chi connectivity index (χ1n) is 8.98. The third kappa shape index (κ3) is 5.46. The monoisotopic (exact) mass is 407 g/mol. The minimum atomic E-state index is -0.496. The van der Waals surface area contributed by atoms with E-state index in [4.69, 9.17) is 4.74 Å². The summed E-state index contributed by atoms with van der Waals surface area (Å²) in [6.45, 7) is 1.41. The van der Waals surface area contributed by atoms with Gasteiger partial charge in [0.05, 0.1) is 18.8 Å². The van der Waals surface area contributed by atoms with E-state index in [0.717, 1.165) is 11.3 Å². The molecule has 2 atom stereocenters. The number of likely N-dealkylation sites (N-methyl/N-ethyl adjacent to an activating group) is 1. The average Bonchev–Trinajstić information content (AvgIpc) is 3.22. The smallest absolute Gasteiger partial charge is 0.242 e. The minimum Gasteiger partial charge on any atom is -0.492 e. The summed E-state index contributed by atoms with van der Waals surface area (Å²) in [5, 5.41) is 10.1. The van der Waals surface area contributed by atoms with Crippen LogP contribution in [0.1, 0.15) is 18.0 Å². The number of hydrogen-bond donors (Lipinski definition) is 2. The van der Waals surface area contributed by atoms with E-state index < -0.39 is 6.04 Å². The Kier molecular flexibility index (Phi) is 7.83. The van der Waals surface area contributed by atoms with E-state index in [9.17, 15) is 9.59 Å².